The molecule has 0 atom stereocenters. The average molecular weight is 426 g/mol. The van der Waals surface area contributed by atoms with Crippen molar-refractivity contribution in [3.8, 4) is 5.75 Å². The van der Waals surface area contributed by atoms with Gasteiger partial charge in [0.2, 0.25) is 11.1 Å². The van der Waals surface area contributed by atoms with Gasteiger partial charge in [0, 0.05) is 18.0 Å². The zero-order valence-corrected chi connectivity index (χ0v) is 17.2. The number of carbonyl (C=O) groups excluding carboxylic acids is 1. The monoisotopic (exact) mass is 425 g/mol. The van der Waals surface area contributed by atoms with Crippen molar-refractivity contribution in [1.82, 2.24) is 20.2 Å². The highest BCUT2D eigenvalue weighted by Crippen LogP contribution is 2.31. The number of aromatic nitrogens is 4. The Bertz CT molecular complexity index is 910. The van der Waals surface area contributed by atoms with E-state index < -0.39 is 9.84 Å². The Morgan fingerprint density at radius 2 is 2.14 bits per heavy atom. The second kappa shape index (κ2) is 9.37. The van der Waals surface area contributed by atoms with Crippen molar-refractivity contribution in [3.05, 3.63) is 24.3 Å². The maximum absolute atomic E-state index is 12.3. The largest absolute Gasteiger partial charge is 0.492 e. The van der Waals surface area contributed by atoms with E-state index in [1.807, 2.05) is 4.68 Å². The third kappa shape index (κ3) is 6.20. The number of ether oxygens (including phenoxy) is 1. The molecule has 1 amide bonds. The molecule has 9 nitrogen and oxygen atoms in total. The third-order valence-electron chi connectivity index (χ3n) is 4.31. The third-order valence-corrected chi connectivity index (χ3v) is 6.15. The molecule has 0 spiro atoms. The van der Waals surface area contributed by atoms with Gasteiger partial charge in [-0.1, -0.05) is 30.7 Å². The number of hydrogen-bond donors (Lipinski definition) is 1. The summed E-state index contributed by atoms with van der Waals surface area (Å²) in [4.78, 5) is 12.3. The number of nitrogens with zero attached hydrogens (tertiary/aromatic N) is 4. The lowest BCUT2D eigenvalue weighted by molar-refractivity contribution is -0.113. The second-order valence-corrected chi connectivity index (χ2v) is 9.89. The first kappa shape index (κ1) is 20.6. The minimum Gasteiger partial charge on any atom is -0.492 e. The SMILES string of the molecule is CS(=O)(=O)CCOc1cccc(NC(=O)CSc2nnnn2C2CCCC2)c1. The van der Waals surface area contributed by atoms with Crippen LogP contribution in [0, 0.1) is 0 Å². The van der Waals surface area contributed by atoms with Crippen molar-refractivity contribution < 1.29 is 17.9 Å². The van der Waals surface area contributed by atoms with Gasteiger partial charge in [0.05, 0.1) is 17.5 Å². The van der Waals surface area contributed by atoms with Crippen LogP contribution in [0.1, 0.15) is 31.7 Å². The van der Waals surface area contributed by atoms with Crippen LogP contribution in [0.5, 0.6) is 5.75 Å². The van der Waals surface area contributed by atoms with Crippen LogP contribution in [-0.4, -0.2) is 58.9 Å². The van der Waals surface area contributed by atoms with Crippen LogP contribution < -0.4 is 10.1 Å². The summed E-state index contributed by atoms with van der Waals surface area (Å²) in [5.41, 5.74) is 0.581. The van der Waals surface area contributed by atoms with E-state index >= 15 is 0 Å². The maximum Gasteiger partial charge on any atom is 0.234 e. The van der Waals surface area contributed by atoms with Gasteiger partial charge in [0.25, 0.3) is 0 Å². The molecule has 0 radical (unpaired) electrons. The van der Waals surface area contributed by atoms with Gasteiger partial charge in [0.1, 0.15) is 12.4 Å². The van der Waals surface area contributed by atoms with Gasteiger partial charge < -0.3 is 10.1 Å². The Hall–Kier alpha value is -2.14. The lowest BCUT2D eigenvalue weighted by atomic mass is 10.3. The number of thioether (sulfide) groups is 1. The van der Waals surface area contributed by atoms with E-state index in [0.717, 1.165) is 19.1 Å². The normalized spacial score (nSPS) is 14.9. The summed E-state index contributed by atoms with van der Waals surface area (Å²) < 4.78 is 29.6. The molecule has 28 heavy (non-hydrogen) atoms. The summed E-state index contributed by atoms with van der Waals surface area (Å²) in [6, 6.07) is 7.17. The minimum atomic E-state index is -3.08. The van der Waals surface area contributed by atoms with E-state index in [1.165, 1.54) is 24.6 Å². The molecule has 1 heterocycles. The van der Waals surface area contributed by atoms with Crippen molar-refractivity contribution in [2.75, 3.05) is 29.7 Å². The molecule has 0 unspecified atom stereocenters. The highest BCUT2D eigenvalue weighted by Gasteiger charge is 2.22. The molecule has 1 aliphatic carbocycles. The molecule has 1 saturated carbocycles. The molecule has 2 aromatic rings. The quantitative estimate of drug-likeness (QED) is 0.606. The maximum atomic E-state index is 12.3. The Labute approximate surface area is 168 Å². The molecule has 1 N–H and O–H groups in total. The Balaban J connectivity index is 1.50. The van der Waals surface area contributed by atoms with E-state index in [9.17, 15) is 13.2 Å². The van der Waals surface area contributed by atoms with Crippen LogP contribution in [-0.2, 0) is 14.6 Å². The summed E-state index contributed by atoms with van der Waals surface area (Å²) in [6.07, 6.45) is 5.65. The van der Waals surface area contributed by atoms with Crippen LogP contribution in [0.2, 0.25) is 0 Å². The van der Waals surface area contributed by atoms with E-state index in [4.69, 9.17) is 4.74 Å². The van der Waals surface area contributed by atoms with E-state index in [-0.39, 0.29) is 24.0 Å². The van der Waals surface area contributed by atoms with Gasteiger partial charge >= 0.3 is 0 Å². The van der Waals surface area contributed by atoms with Crippen LogP contribution in [0.3, 0.4) is 0 Å². The first-order chi connectivity index (χ1) is 13.4. The summed E-state index contributed by atoms with van der Waals surface area (Å²) in [5, 5.41) is 15.3. The zero-order valence-electron chi connectivity index (χ0n) is 15.6. The summed E-state index contributed by atoms with van der Waals surface area (Å²) in [5.74, 6) is 0.445. The predicted octanol–water partition coefficient (Wildman–Crippen LogP) is 1.94. The standard InChI is InChI=1S/C17H23N5O4S2/c1-28(24,25)10-9-26-15-8-4-5-13(11-15)18-16(23)12-27-17-19-20-21-22(17)14-6-2-3-7-14/h4-5,8,11,14H,2-3,6-7,9-10,12H2,1H3,(H,18,23). The van der Waals surface area contributed by atoms with Gasteiger partial charge in [-0.15, -0.1) is 5.10 Å². The molecule has 152 valence electrons. The molecule has 1 aromatic carbocycles. The van der Waals surface area contributed by atoms with Gasteiger partial charge in [-0.2, -0.15) is 0 Å². The molecule has 1 fully saturated rings. The van der Waals surface area contributed by atoms with Crippen LogP contribution in [0.15, 0.2) is 29.4 Å². The van der Waals surface area contributed by atoms with Crippen molar-refractivity contribution in [1.29, 1.82) is 0 Å². The van der Waals surface area contributed by atoms with Crippen molar-refractivity contribution in [2.45, 2.75) is 36.9 Å². The fourth-order valence-corrected chi connectivity index (χ4v) is 4.09. The molecule has 0 saturated heterocycles. The fraction of sp³-hybridized carbons (Fsp3) is 0.529. The number of benzene rings is 1. The molecule has 1 aromatic heterocycles. The Morgan fingerprint density at radius 1 is 1.36 bits per heavy atom. The number of hydrogen-bond acceptors (Lipinski definition) is 8. The van der Waals surface area contributed by atoms with Crippen molar-refractivity contribution in [2.24, 2.45) is 0 Å². The lowest BCUT2D eigenvalue weighted by Gasteiger charge is -2.11. The Kier molecular flexibility index (Phi) is 6.89. The van der Waals surface area contributed by atoms with Crippen LogP contribution in [0.4, 0.5) is 5.69 Å². The number of anilines is 1. The highest BCUT2D eigenvalue weighted by atomic mass is 32.2. The van der Waals surface area contributed by atoms with E-state index in [1.54, 1.807) is 24.3 Å². The summed E-state index contributed by atoms with van der Waals surface area (Å²) in [7, 11) is -3.08. The number of amides is 1. The highest BCUT2D eigenvalue weighted by molar-refractivity contribution is 7.99. The molecule has 11 heteroatoms. The first-order valence-electron chi connectivity index (χ1n) is 9.02. The zero-order chi connectivity index (χ0) is 20.0. The van der Waals surface area contributed by atoms with Crippen LogP contribution in [0.25, 0.3) is 0 Å². The molecular formula is C17H23N5O4S2. The van der Waals surface area contributed by atoms with Crippen molar-refractivity contribution in [3.63, 3.8) is 0 Å². The van der Waals surface area contributed by atoms with E-state index in [2.05, 4.69) is 20.8 Å². The second-order valence-electron chi connectivity index (χ2n) is 6.69. The van der Waals surface area contributed by atoms with Gasteiger partial charge in [0.15, 0.2) is 9.84 Å². The minimum absolute atomic E-state index is 0.0596. The van der Waals surface area contributed by atoms with Crippen molar-refractivity contribution >= 4 is 33.2 Å². The molecule has 1 aliphatic rings. The van der Waals surface area contributed by atoms with Gasteiger partial charge in [-0.25, -0.2) is 13.1 Å². The Morgan fingerprint density at radius 3 is 2.89 bits per heavy atom. The molecular weight excluding hydrogens is 402 g/mol. The number of nitrogens with one attached hydrogen (secondary N) is 1. The lowest BCUT2D eigenvalue weighted by Crippen LogP contribution is -2.16. The van der Waals surface area contributed by atoms with E-state index in [0.29, 0.717) is 22.6 Å². The van der Waals surface area contributed by atoms with Crippen LogP contribution >= 0.6 is 11.8 Å². The fourth-order valence-electron chi connectivity index (χ4n) is 2.96. The number of carbonyl (C=O) groups is 1. The first-order valence-corrected chi connectivity index (χ1v) is 12.1. The average Bonchev–Trinajstić information content (AvgIpc) is 3.30. The van der Waals surface area contributed by atoms with Gasteiger partial charge in [-0.3, -0.25) is 4.79 Å². The summed E-state index contributed by atoms with van der Waals surface area (Å²) >= 11 is 1.31. The number of rotatable bonds is 9. The number of tetrazole rings is 1. The topological polar surface area (TPSA) is 116 Å². The molecule has 3 rings (SSSR count). The smallest absolute Gasteiger partial charge is 0.234 e. The molecule has 0 aliphatic heterocycles. The predicted molar refractivity (Wildman–Crippen MR) is 106 cm³/mol. The van der Waals surface area contributed by atoms with Gasteiger partial charge in [-0.05, 0) is 35.4 Å². The summed E-state index contributed by atoms with van der Waals surface area (Å²) in [6.45, 7) is 0.0654. The number of sulfone groups is 1. The molecule has 0 bridgehead atoms.